The normalized spacial score (nSPS) is 19.7. The number of amides is 1. The maximum absolute atomic E-state index is 12.3. The molecule has 2 aromatic carbocycles. The molecule has 0 saturated carbocycles. The number of rotatable bonds is 5. The van der Waals surface area contributed by atoms with E-state index < -0.39 is 6.04 Å². The Morgan fingerprint density at radius 1 is 1.17 bits per heavy atom. The average Bonchev–Trinajstić information content (AvgIpc) is 2.64. The zero-order valence-electron chi connectivity index (χ0n) is 13.1. The van der Waals surface area contributed by atoms with E-state index >= 15 is 0 Å². The minimum Gasteiger partial charge on any atom is -0.497 e. The molecule has 2 atom stereocenters. The van der Waals surface area contributed by atoms with Crippen molar-refractivity contribution >= 4 is 17.7 Å². The van der Waals surface area contributed by atoms with Crippen LogP contribution < -0.4 is 9.64 Å². The minimum absolute atomic E-state index is 0.208. The van der Waals surface area contributed by atoms with E-state index in [1.54, 1.807) is 24.1 Å². The molecule has 1 fully saturated rings. The van der Waals surface area contributed by atoms with E-state index in [4.69, 9.17) is 10.3 Å². The van der Waals surface area contributed by atoms with Gasteiger partial charge in [-0.1, -0.05) is 47.6 Å². The van der Waals surface area contributed by atoms with E-state index in [0.717, 1.165) is 17.0 Å². The van der Waals surface area contributed by atoms with Crippen LogP contribution in [0.3, 0.4) is 0 Å². The largest absolute Gasteiger partial charge is 0.497 e. The Bertz CT molecular complexity index is 796. The lowest BCUT2D eigenvalue weighted by Crippen LogP contribution is -2.63. The molecule has 0 radical (unpaired) electrons. The van der Waals surface area contributed by atoms with Gasteiger partial charge in [-0.2, -0.15) is 0 Å². The number of ether oxygens (including phenoxy) is 1. The molecule has 1 heterocycles. The third kappa shape index (κ3) is 2.95. The average molecular weight is 320 g/mol. The highest BCUT2D eigenvalue weighted by atomic mass is 16.5. The number of β-lactam (4-membered cyclic amide) rings is 1. The number of hydrogen-bond donors (Lipinski definition) is 0. The van der Waals surface area contributed by atoms with Crippen LogP contribution in [0, 0.1) is 0 Å². The second-order valence-corrected chi connectivity index (χ2v) is 5.32. The van der Waals surface area contributed by atoms with Gasteiger partial charge in [0.05, 0.1) is 13.2 Å². The molecular formula is C18H16N4O2. The SMILES string of the molecule is COc1ccc(N2C(=O)[C@@H](N=[N+]=[N-])[C@H]2C=Cc2ccccc2)cc1. The Balaban J connectivity index is 1.87. The maximum atomic E-state index is 12.3. The van der Waals surface area contributed by atoms with Gasteiger partial charge in [-0.25, -0.2) is 0 Å². The predicted octanol–water partition coefficient (Wildman–Crippen LogP) is 3.80. The van der Waals surface area contributed by atoms with Gasteiger partial charge in [0.1, 0.15) is 11.8 Å². The van der Waals surface area contributed by atoms with Gasteiger partial charge in [0.25, 0.3) is 0 Å². The standard InChI is InChI=1S/C18H16N4O2/c1-24-15-10-8-14(9-11-15)22-16(17(18(22)23)20-21-19)12-7-13-5-3-2-4-6-13/h2-12,16-17H,1H3/t16-,17+/m1/s1. The second-order valence-electron chi connectivity index (χ2n) is 5.32. The molecule has 0 unspecified atom stereocenters. The molecule has 1 aliphatic heterocycles. The first-order valence-electron chi connectivity index (χ1n) is 7.49. The van der Waals surface area contributed by atoms with Crippen molar-refractivity contribution in [3.8, 4) is 5.75 Å². The Kier molecular flexibility index (Phi) is 4.50. The summed E-state index contributed by atoms with van der Waals surface area (Å²) in [5.41, 5.74) is 10.5. The van der Waals surface area contributed by atoms with Crippen molar-refractivity contribution < 1.29 is 9.53 Å². The van der Waals surface area contributed by atoms with E-state index in [1.807, 2.05) is 54.6 Å². The van der Waals surface area contributed by atoms with Gasteiger partial charge in [-0.05, 0) is 35.4 Å². The van der Waals surface area contributed by atoms with Crippen LogP contribution in [0.2, 0.25) is 0 Å². The number of azide groups is 1. The Morgan fingerprint density at radius 3 is 2.50 bits per heavy atom. The maximum Gasteiger partial charge on any atom is 0.239 e. The van der Waals surface area contributed by atoms with E-state index in [9.17, 15) is 4.79 Å². The van der Waals surface area contributed by atoms with Crippen LogP contribution in [0.25, 0.3) is 16.5 Å². The molecule has 1 saturated heterocycles. The second kappa shape index (κ2) is 6.89. The molecular weight excluding hydrogens is 304 g/mol. The summed E-state index contributed by atoms with van der Waals surface area (Å²) in [6, 6.07) is 16.0. The summed E-state index contributed by atoms with van der Waals surface area (Å²) in [6.45, 7) is 0. The highest BCUT2D eigenvalue weighted by Gasteiger charge is 2.46. The Hall–Kier alpha value is -3.24. The molecule has 0 aliphatic carbocycles. The summed E-state index contributed by atoms with van der Waals surface area (Å²) in [4.78, 5) is 16.7. The highest BCUT2D eigenvalue weighted by Crippen LogP contribution is 2.32. The summed E-state index contributed by atoms with van der Waals surface area (Å²) in [5.74, 6) is 0.510. The number of benzene rings is 2. The summed E-state index contributed by atoms with van der Waals surface area (Å²) < 4.78 is 5.14. The number of methoxy groups -OCH3 is 1. The van der Waals surface area contributed by atoms with E-state index in [1.165, 1.54) is 0 Å². The van der Waals surface area contributed by atoms with Crippen molar-refractivity contribution in [3.63, 3.8) is 0 Å². The first-order valence-corrected chi connectivity index (χ1v) is 7.49. The first-order chi connectivity index (χ1) is 11.7. The molecule has 1 amide bonds. The molecule has 0 aromatic heterocycles. The number of carbonyl (C=O) groups is 1. The van der Waals surface area contributed by atoms with Gasteiger partial charge in [0.15, 0.2) is 0 Å². The van der Waals surface area contributed by atoms with Crippen LogP contribution in [-0.4, -0.2) is 25.1 Å². The van der Waals surface area contributed by atoms with E-state index in [2.05, 4.69) is 10.0 Å². The lowest BCUT2D eigenvalue weighted by Gasteiger charge is -2.43. The number of carbonyl (C=O) groups excluding carboxylic acids is 1. The minimum atomic E-state index is -0.711. The van der Waals surface area contributed by atoms with Crippen molar-refractivity contribution in [1.82, 2.24) is 0 Å². The van der Waals surface area contributed by atoms with Crippen molar-refractivity contribution in [2.45, 2.75) is 12.1 Å². The molecule has 0 N–H and O–H groups in total. The van der Waals surface area contributed by atoms with Gasteiger partial charge in [-0.3, -0.25) is 4.79 Å². The summed E-state index contributed by atoms with van der Waals surface area (Å²) >= 11 is 0. The summed E-state index contributed by atoms with van der Waals surface area (Å²) in [5, 5.41) is 3.63. The van der Waals surface area contributed by atoms with Gasteiger partial charge in [0.2, 0.25) is 5.91 Å². The van der Waals surface area contributed by atoms with Gasteiger partial charge in [0, 0.05) is 10.6 Å². The fourth-order valence-corrected chi connectivity index (χ4v) is 2.68. The summed E-state index contributed by atoms with van der Waals surface area (Å²) in [6.07, 6.45) is 3.81. The van der Waals surface area contributed by atoms with Crippen LogP contribution in [-0.2, 0) is 4.79 Å². The molecule has 0 spiro atoms. The third-order valence-electron chi connectivity index (χ3n) is 3.92. The van der Waals surface area contributed by atoms with E-state index in [-0.39, 0.29) is 11.9 Å². The monoisotopic (exact) mass is 320 g/mol. The smallest absolute Gasteiger partial charge is 0.239 e. The van der Waals surface area contributed by atoms with Gasteiger partial charge >= 0.3 is 0 Å². The fourth-order valence-electron chi connectivity index (χ4n) is 2.68. The lowest BCUT2D eigenvalue weighted by atomic mass is 9.93. The topological polar surface area (TPSA) is 78.3 Å². The molecule has 6 nitrogen and oxygen atoms in total. The van der Waals surface area contributed by atoms with Gasteiger partial charge in [-0.15, -0.1) is 0 Å². The number of anilines is 1. The van der Waals surface area contributed by atoms with Crippen molar-refractivity contribution in [2.24, 2.45) is 5.11 Å². The molecule has 6 heteroatoms. The van der Waals surface area contributed by atoms with Crippen molar-refractivity contribution in [1.29, 1.82) is 0 Å². The van der Waals surface area contributed by atoms with Crippen LogP contribution in [0.5, 0.6) is 5.75 Å². The Labute approximate surface area is 139 Å². The lowest BCUT2D eigenvalue weighted by molar-refractivity contribution is -0.125. The molecule has 2 aromatic rings. The molecule has 0 bridgehead atoms. The zero-order valence-corrected chi connectivity index (χ0v) is 13.1. The predicted molar refractivity (Wildman–Crippen MR) is 92.7 cm³/mol. The van der Waals surface area contributed by atoms with Crippen molar-refractivity contribution in [2.75, 3.05) is 12.0 Å². The number of hydrogen-bond acceptors (Lipinski definition) is 3. The summed E-state index contributed by atoms with van der Waals surface area (Å²) in [7, 11) is 1.59. The Morgan fingerprint density at radius 2 is 1.88 bits per heavy atom. The van der Waals surface area contributed by atoms with Crippen LogP contribution >= 0.6 is 0 Å². The van der Waals surface area contributed by atoms with Crippen molar-refractivity contribution in [3.05, 3.63) is 76.7 Å². The molecule has 24 heavy (non-hydrogen) atoms. The number of nitrogens with zero attached hydrogens (tertiary/aromatic N) is 4. The van der Waals surface area contributed by atoms with Crippen LogP contribution in [0.4, 0.5) is 5.69 Å². The highest BCUT2D eigenvalue weighted by molar-refractivity contribution is 6.06. The zero-order chi connectivity index (χ0) is 16.9. The van der Waals surface area contributed by atoms with Crippen LogP contribution in [0.1, 0.15) is 5.56 Å². The molecule has 1 aliphatic rings. The van der Waals surface area contributed by atoms with E-state index in [0.29, 0.717) is 0 Å². The third-order valence-corrected chi connectivity index (χ3v) is 3.92. The van der Waals surface area contributed by atoms with Crippen LogP contribution in [0.15, 0.2) is 65.8 Å². The fraction of sp³-hybridized carbons (Fsp3) is 0.167. The first kappa shape index (κ1) is 15.6. The molecule has 120 valence electrons. The van der Waals surface area contributed by atoms with Gasteiger partial charge < -0.3 is 9.64 Å². The quantitative estimate of drug-likeness (QED) is 0.363. The molecule has 3 rings (SSSR count).